The van der Waals surface area contributed by atoms with Gasteiger partial charge in [0.15, 0.2) is 0 Å². The van der Waals surface area contributed by atoms with E-state index < -0.39 is 34.9 Å². The molecule has 0 aliphatic rings. The van der Waals surface area contributed by atoms with E-state index in [1.807, 2.05) is 0 Å². The van der Waals surface area contributed by atoms with Crippen LogP contribution in [0.15, 0.2) is 12.1 Å². The number of halogens is 2. The number of nitrogens with one attached hydrogen (secondary N) is 1. The lowest BCUT2D eigenvalue weighted by Gasteiger charge is -2.09. The van der Waals surface area contributed by atoms with Crippen molar-refractivity contribution < 1.29 is 24.2 Å². The van der Waals surface area contributed by atoms with Crippen LogP contribution in [0.1, 0.15) is 10.4 Å². The van der Waals surface area contributed by atoms with Gasteiger partial charge in [-0.3, -0.25) is 4.79 Å². The van der Waals surface area contributed by atoms with E-state index in [0.29, 0.717) is 0 Å². The normalized spacial score (nSPS) is 9.88. The zero-order valence-corrected chi connectivity index (χ0v) is 8.58. The maximum atomic E-state index is 13.0. The average Bonchev–Trinajstić information content (AvgIpc) is 2.19. The van der Waals surface area contributed by atoms with Crippen molar-refractivity contribution in [2.24, 2.45) is 0 Å². The van der Waals surface area contributed by atoms with Gasteiger partial charge in [0.25, 0.3) is 0 Å². The van der Waals surface area contributed by atoms with Gasteiger partial charge in [-0.05, 0) is 12.1 Å². The van der Waals surface area contributed by atoms with Gasteiger partial charge in [0, 0.05) is 0 Å². The maximum absolute atomic E-state index is 13.0. The Balaban J connectivity index is 3.13. The molecule has 0 radical (unpaired) electrons. The molecule has 1 rings (SSSR count). The summed E-state index contributed by atoms with van der Waals surface area (Å²) in [6.07, 6.45) is 0. The summed E-state index contributed by atoms with van der Waals surface area (Å²) in [6.45, 7) is -0.484. The monoisotopic (exact) mass is 247 g/mol. The van der Waals surface area contributed by atoms with Gasteiger partial charge in [-0.2, -0.15) is 0 Å². The molecule has 0 aliphatic heterocycles. The van der Waals surface area contributed by atoms with Crippen molar-refractivity contribution in [3.05, 3.63) is 28.5 Å². The lowest BCUT2D eigenvalue weighted by Crippen LogP contribution is -2.15. The maximum Gasteiger partial charge on any atom is 0.339 e. The zero-order valence-electron chi connectivity index (χ0n) is 7.83. The predicted molar refractivity (Wildman–Crippen MR) is 54.5 cm³/mol. The molecule has 0 aromatic heterocycles. The minimum Gasteiger partial charge on any atom is -0.480 e. The van der Waals surface area contributed by atoms with Crippen LogP contribution in [0.25, 0.3) is 0 Å². The van der Waals surface area contributed by atoms with E-state index in [9.17, 15) is 14.0 Å². The second-order valence-electron chi connectivity index (χ2n) is 2.84. The third kappa shape index (κ3) is 2.60. The molecule has 5 nitrogen and oxygen atoms in total. The summed E-state index contributed by atoms with van der Waals surface area (Å²) in [7, 11) is 0. The average molecular weight is 248 g/mol. The standard InChI is InChI=1S/C9H7ClFNO4/c10-8-4(11)1-2-5(7(8)9(15)16)12-3-6(13)14/h1-2,12H,3H2,(H,13,14)(H,15,16). The SMILES string of the molecule is O=C(O)CNc1ccc(F)c(Cl)c1C(=O)O. The molecule has 1 aromatic carbocycles. The van der Waals surface area contributed by atoms with Gasteiger partial charge in [0.1, 0.15) is 17.9 Å². The molecular formula is C9H7ClFNO4. The van der Waals surface area contributed by atoms with Crippen molar-refractivity contribution in [3.63, 3.8) is 0 Å². The van der Waals surface area contributed by atoms with Gasteiger partial charge in [0.2, 0.25) is 0 Å². The summed E-state index contributed by atoms with van der Waals surface area (Å²) in [5, 5.41) is 19.0. The Morgan fingerprint density at radius 1 is 1.38 bits per heavy atom. The third-order valence-electron chi connectivity index (χ3n) is 1.74. The number of hydrogen-bond acceptors (Lipinski definition) is 3. The second kappa shape index (κ2) is 4.80. The van der Waals surface area contributed by atoms with Gasteiger partial charge in [0.05, 0.1) is 10.7 Å². The fourth-order valence-corrected chi connectivity index (χ4v) is 1.32. The van der Waals surface area contributed by atoms with Crippen LogP contribution in [-0.4, -0.2) is 28.7 Å². The molecule has 0 saturated heterocycles. The van der Waals surface area contributed by atoms with E-state index in [-0.39, 0.29) is 5.69 Å². The van der Waals surface area contributed by atoms with Gasteiger partial charge in [-0.1, -0.05) is 11.6 Å². The largest absolute Gasteiger partial charge is 0.480 e. The second-order valence-corrected chi connectivity index (χ2v) is 3.21. The molecule has 0 heterocycles. The Kier molecular flexibility index (Phi) is 3.68. The highest BCUT2D eigenvalue weighted by molar-refractivity contribution is 6.34. The first kappa shape index (κ1) is 12.3. The summed E-state index contributed by atoms with van der Waals surface area (Å²) in [4.78, 5) is 21.1. The van der Waals surface area contributed by atoms with Crippen molar-refractivity contribution in [3.8, 4) is 0 Å². The Hall–Kier alpha value is -1.82. The van der Waals surface area contributed by atoms with Crippen LogP contribution in [0.3, 0.4) is 0 Å². The highest BCUT2D eigenvalue weighted by Gasteiger charge is 2.18. The predicted octanol–water partition coefficient (Wildman–Crippen LogP) is 1.67. The fraction of sp³-hybridized carbons (Fsp3) is 0.111. The molecular weight excluding hydrogens is 241 g/mol. The molecule has 0 unspecified atom stereocenters. The molecule has 0 fully saturated rings. The van der Waals surface area contributed by atoms with Crippen LogP contribution in [0, 0.1) is 5.82 Å². The number of aliphatic carboxylic acids is 1. The lowest BCUT2D eigenvalue weighted by atomic mass is 10.1. The topological polar surface area (TPSA) is 86.6 Å². The minimum atomic E-state index is -1.43. The van der Waals surface area contributed by atoms with Gasteiger partial charge in [-0.15, -0.1) is 0 Å². The number of benzene rings is 1. The number of carboxylic acids is 2. The Morgan fingerprint density at radius 2 is 2.00 bits per heavy atom. The molecule has 86 valence electrons. The lowest BCUT2D eigenvalue weighted by molar-refractivity contribution is -0.134. The number of aromatic carboxylic acids is 1. The van der Waals surface area contributed by atoms with Crippen molar-refractivity contribution in [1.82, 2.24) is 0 Å². The first-order valence-electron chi connectivity index (χ1n) is 4.10. The van der Waals surface area contributed by atoms with Gasteiger partial charge >= 0.3 is 11.9 Å². The van der Waals surface area contributed by atoms with Crippen LogP contribution in [-0.2, 0) is 4.79 Å². The molecule has 0 amide bonds. The Morgan fingerprint density at radius 3 is 2.50 bits per heavy atom. The molecule has 0 atom stereocenters. The van der Waals surface area contributed by atoms with E-state index in [1.165, 1.54) is 0 Å². The van der Waals surface area contributed by atoms with Gasteiger partial charge in [-0.25, -0.2) is 9.18 Å². The Labute approximate surface area is 94.5 Å². The number of carboxylic acid groups (broad SMARTS) is 2. The van der Waals surface area contributed by atoms with E-state index in [2.05, 4.69) is 5.32 Å². The van der Waals surface area contributed by atoms with Crippen LogP contribution < -0.4 is 5.32 Å². The molecule has 16 heavy (non-hydrogen) atoms. The van der Waals surface area contributed by atoms with E-state index in [0.717, 1.165) is 12.1 Å². The quantitative estimate of drug-likeness (QED) is 0.753. The van der Waals surface area contributed by atoms with Crippen LogP contribution >= 0.6 is 11.6 Å². The van der Waals surface area contributed by atoms with Crippen molar-refractivity contribution in [1.29, 1.82) is 0 Å². The van der Waals surface area contributed by atoms with E-state index >= 15 is 0 Å². The van der Waals surface area contributed by atoms with Gasteiger partial charge < -0.3 is 15.5 Å². The van der Waals surface area contributed by atoms with Crippen LogP contribution in [0.2, 0.25) is 5.02 Å². The molecule has 0 saturated carbocycles. The number of carbonyl (C=O) groups is 2. The summed E-state index contributed by atoms with van der Waals surface area (Å²) in [5.74, 6) is -3.48. The molecule has 3 N–H and O–H groups in total. The van der Waals surface area contributed by atoms with Crippen molar-refractivity contribution >= 4 is 29.2 Å². The molecule has 1 aromatic rings. The summed E-state index contributed by atoms with van der Waals surface area (Å²) < 4.78 is 13.0. The van der Waals surface area contributed by atoms with Crippen LogP contribution in [0.4, 0.5) is 10.1 Å². The van der Waals surface area contributed by atoms with Crippen molar-refractivity contribution in [2.75, 3.05) is 11.9 Å². The first-order valence-corrected chi connectivity index (χ1v) is 4.48. The Bertz CT molecular complexity index is 449. The highest BCUT2D eigenvalue weighted by atomic mass is 35.5. The smallest absolute Gasteiger partial charge is 0.339 e. The van der Waals surface area contributed by atoms with E-state index in [1.54, 1.807) is 0 Å². The summed E-state index contributed by atoms with van der Waals surface area (Å²) in [6, 6.07) is 2.08. The van der Waals surface area contributed by atoms with E-state index in [4.69, 9.17) is 21.8 Å². The minimum absolute atomic E-state index is 0.0405. The number of hydrogen-bond donors (Lipinski definition) is 3. The highest BCUT2D eigenvalue weighted by Crippen LogP contribution is 2.27. The first-order chi connectivity index (χ1) is 7.43. The summed E-state index contributed by atoms with van der Waals surface area (Å²) in [5.41, 5.74) is -0.524. The third-order valence-corrected chi connectivity index (χ3v) is 2.11. The summed E-state index contributed by atoms with van der Waals surface area (Å²) >= 11 is 5.47. The molecule has 0 bridgehead atoms. The molecule has 0 aliphatic carbocycles. The number of anilines is 1. The molecule has 0 spiro atoms. The zero-order chi connectivity index (χ0) is 12.3. The number of rotatable bonds is 4. The fourth-order valence-electron chi connectivity index (χ4n) is 1.08. The van der Waals surface area contributed by atoms with Crippen molar-refractivity contribution in [2.45, 2.75) is 0 Å². The van der Waals surface area contributed by atoms with Crippen LogP contribution in [0.5, 0.6) is 0 Å². The molecule has 7 heteroatoms.